The summed E-state index contributed by atoms with van der Waals surface area (Å²) in [7, 11) is 0. The van der Waals surface area contributed by atoms with E-state index in [0.29, 0.717) is 12.0 Å². The average Bonchev–Trinajstić information content (AvgIpc) is 2.53. The van der Waals surface area contributed by atoms with Crippen LogP contribution in [0.15, 0.2) is 23.3 Å². The fraction of sp³-hybridized carbons (Fsp3) is 0.333. The first kappa shape index (κ1) is 19.4. The van der Waals surface area contributed by atoms with Crippen molar-refractivity contribution in [1.29, 1.82) is 0 Å². The Balaban J connectivity index is 2.58. The van der Waals surface area contributed by atoms with E-state index in [4.69, 9.17) is 21.4 Å². The van der Waals surface area contributed by atoms with Gasteiger partial charge in [0, 0.05) is 6.04 Å². The minimum Gasteiger partial charge on any atom is -0.480 e. The van der Waals surface area contributed by atoms with E-state index in [1.165, 1.54) is 18.3 Å². The first-order valence-corrected chi connectivity index (χ1v) is 7.49. The molecule has 2 amide bonds. The van der Waals surface area contributed by atoms with Crippen LogP contribution in [0.2, 0.25) is 5.02 Å². The molecule has 1 aromatic carbocycles. The molecule has 130 valence electrons. The van der Waals surface area contributed by atoms with E-state index in [0.717, 1.165) is 0 Å². The highest BCUT2D eigenvalue weighted by Gasteiger charge is 2.14. The van der Waals surface area contributed by atoms with Gasteiger partial charge in [-0.1, -0.05) is 18.5 Å². The molecule has 0 saturated heterocycles. The van der Waals surface area contributed by atoms with Crippen molar-refractivity contribution in [3.05, 3.63) is 28.8 Å². The van der Waals surface area contributed by atoms with Crippen LogP contribution in [-0.2, 0) is 14.4 Å². The van der Waals surface area contributed by atoms with Gasteiger partial charge in [0.2, 0.25) is 0 Å². The lowest BCUT2D eigenvalue weighted by Crippen LogP contribution is -2.41. The summed E-state index contributed by atoms with van der Waals surface area (Å²) in [6.45, 7) is 3.16. The third kappa shape index (κ3) is 6.66. The number of nitrogens with zero attached hydrogens (tertiary/aromatic N) is 1. The normalized spacial score (nSPS) is 11.8. The topological polar surface area (TPSA) is 117 Å². The molecule has 8 nitrogen and oxygen atoms in total. The molecule has 9 heteroatoms. The second-order valence-electron chi connectivity index (χ2n) is 4.85. The molecule has 0 spiro atoms. The fourth-order valence-corrected chi connectivity index (χ4v) is 1.71. The van der Waals surface area contributed by atoms with E-state index < -0.39 is 24.4 Å². The van der Waals surface area contributed by atoms with Gasteiger partial charge in [-0.25, -0.2) is 10.2 Å². The first-order valence-electron chi connectivity index (χ1n) is 7.11. The average molecular weight is 356 g/mol. The van der Waals surface area contributed by atoms with Crippen molar-refractivity contribution in [2.24, 2.45) is 5.10 Å². The number of amides is 2. The summed E-state index contributed by atoms with van der Waals surface area (Å²) in [5, 5.41) is 14.9. The SMILES string of the molecule is CC[C@@H](C)NC(=O)C(=O)N/N=C\c1ccc(OCC(=O)O)c(Cl)c1. The number of hydrazone groups is 1. The van der Waals surface area contributed by atoms with Crippen molar-refractivity contribution >= 4 is 35.6 Å². The van der Waals surface area contributed by atoms with E-state index in [2.05, 4.69) is 15.8 Å². The van der Waals surface area contributed by atoms with Crippen molar-refractivity contribution in [2.75, 3.05) is 6.61 Å². The van der Waals surface area contributed by atoms with Gasteiger partial charge in [-0.05, 0) is 37.1 Å². The lowest BCUT2D eigenvalue weighted by Gasteiger charge is -2.09. The van der Waals surface area contributed by atoms with E-state index in [1.807, 2.05) is 6.92 Å². The molecule has 1 rings (SSSR count). The summed E-state index contributed by atoms with van der Waals surface area (Å²) in [5.74, 6) is -2.54. The van der Waals surface area contributed by atoms with E-state index in [1.54, 1.807) is 13.0 Å². The third-order valence-corrected chi connectivity index (χ3v) is 3.18. The number of carbonyl (C=O) groups excluding carboxylic acids is 2. The van der Waals surface area contributed by atoms with Crippen molar-refractivity contribution in [3.63, 3.8) is 0 Å². The van der Waals surface area contributed by atoms with Crippen LogP contribution < -0.4 is 15.5 Å². The summed E-state index contributed by atoms with van der Waals surface area (Å²) < 4.78 is 4.98. The first-order chi connectivity index (χ1) is 11.3. The van der Waals surface area contributed by atoms with Crippen LogP contribution in [0, 0.1) is 0 Å². The summed E-state index contributed by atoms with van der Waals surface area (Å²) >= 11 is 5.95. The second kappa shape index (κ2) is 9.51. The predicted molar refractivity (Wildman–Crippen MR) is 88.2 cm³/mol. The van der Waals surface area contributed by atoms with Crippen LogP contribution in [-0.4, -0.2) is 41.8 Å². The maximum Gasteiger partial charge on any atom is 0.341 e. The number of hydrogen-bond donors (Lipinski definition) is 3. The molecule has 0 aliphatic rings. The van der Waals surface area contributed by atoms with Crippen molar-refractivity contribution in [1.82, 2.24) is 10.7 Å². The van der Waals surface area contributed by atoms with Crippen LogP contribution >= 0.6 is 11.6 Å². The molecule has 0 fully saturated rings. The quantitative estimate of drug-likeness (QED) is 0.385. The number of rotatable bonds is 7. The van der Waals surface area contributed by atoms with Crippen LogP contribution in [0.4, 0.5) is 0 Å². The minimum absolute atomic E-state index is 0.107. The molecule has 24 heavy (non-hydrogen) atoms. The van der Waals surface area contributed by atoms with E-state index >= 15 is 0 Å². The zero-order valence-corrected chi connectivity index (χ0v) is 14.0. The van der Waals surface area contributed by atoms with Crippen molar-refractivity contribution < 1.29 is 24.2 Å². The highest BCUT2D eigenvalue weighted by Crippen LogP contribution is 2.24. The van der Waals surface area contributed by atoms with Crippen LogP contribution in [0.5, 0.6) is 5.75 Å². The van der Waals surface area contributed by atoms with Gasteiger partial charge in [-0.15, -0.1) is 0 Å². The summed E-state index contributed by atoms with van der Waals surface area (Å²) in [4.78, 5) is 33.4. The molecule has 0 aliphatic heterocycles. The van der Waals surface area contributed by atoms with Gasteiger partial charge >= 0.3 is 17.8 Å². The Morgan fingerprint density at radius 1 is 1.38 bits per heavy atom. The Morgan fingerprint density at radius 3 is 2.67 bits per heavy atom. The lowest BCUT2D eigenvalue weighted by molar-refractivity contribution is -0.139. The molecule has 3 N–H and O–H groups in total. The van der Waals surface area contributed by atoms with Crippen LogP contribution in [0.25, 0.3) is 0 Å². The van der Waals surface area contributed by atoms with Crippen molar-refractivity contribution in [2.45, 2.75) is 26.3 Å². The molecular weight excluding hydrogens is 338 g/mol. The number of carboxylic acid groups (broad SMARTS) is 1. The molecule has 0 aromatic heterocycles. The number of aliphatic carboxylic acids is 1. The van der Waals surface area contributed by atoms with Gasteiger partial charge < -0.3 is 15.2 Å². The van der Waals surface area contributed by atoms with E-state index in [9.17, 15) is 14.4 Å². The Bertz CT molecular complexity index is 648. The number of carboxylic acids is 1. The van der Waals surface area contributed by atoms with Gasteiger partial charge in [0.15, 0.2) is 6.61 Å². The third-order valence-electron chi connectivity index (χ3n) is 2.88. The molecule has 0 bridgehead atoms. The summed E-state index contributed by atoms with van der Waals surface area (Å²) in [6, 6.07) is 4.42. The maximum atomic E-state index is 11.5. The standard InChI is InChI=1S/C15H18ClN3O5/c1-3-9(2)18-14(22)15(23)19-17-7-10-4-5-12(11(16)6-10)24-8-13(20)21/h4-7,9H,3,8H2,1-2H3,(H,18,22)(H,19,23)(H,20,21)/b17-7-/t9-/m1/s1. The Morgan fingerprint density at radius 2 is 2.08 bits per heavy atom. The Kier molecular flexibility index (Phi) is 7.70. The maximum absolute atomic E-state index is 11.5. The zero-order valence-electron chi connectivity index (χ0n) is 13.2. The molecule has 1 aromatic rings. The van der Waals surface area contributed by atoms with Gasteiger partial charge in [0.1, 0.15) is 5.75 Å². The molecule has 0 unspecified atom stereocenters. The number of carbonyl (C=O) groups is 3. The van der Waals surface area contributed by atoms with Crippen LogP contribution in [0.3, 0.4) is 0 Å². The summed E-state index contributed by atoms with van der Waals surface area (Å²) in [5.41, 5.74) is 2.63. The fourth-order valence-electron chi connectivity index (χ4n) is 1.46. The minimum atomic E-state index is -1.12. The highest BCUT2D eigenvalue weighted by atomic mass is 35.5. The van der Waals surface area contributed by atoms with Crippen molar-refractivity contribution in [3.8, 4) is 5.75 Å². The van der Waals surface area contributed by atoms with Gasteiger partial charge in [-0.2, -0.15) is 5.10 Å². The molecule has 0 saturated carbocycles. The van der Waals surface area contributed by atoms with Gasteiger partial charge in [-0.3, -0.25) is 9.59 Å². The molecule has 0 radical (unpaired) electrons. The number of nitrogens with one attached hydrogen (secondary N) is 2. The van der Waals surface area contributed by atoms with Crippen LogP contribution in [0.1, 0.15) is 25.8 Å². The number of ether oxygens (including phenoxy) is 1. The van der Waals surface area contributed by atoms with Gasteiger partial charge in [0.05, 0.1) is 11.2 Å². The zero-order chi connectivity index (χ0) is 18.1. The smallest absolute Gasteiger partial charge is 0.341 e. The van der Waals surface area contributed by atoms with E-state index in [-0.39, 0.29) is 16.8 Å². The molecule has 1 atom stereocenters. The number of hydrogen-bond acceptors (Lipinski definition) is 5. The monoisotopic (exact) mass is 355 g/mol. The number of benzene rings is 1. The Labute approximate surface area is 143 Å². The Hall–Kier alpha value is -2.61. The molecular formula is C15H18ClN3O5. The largest absolute Gasteiger partial charge is 0.480 e. The van der Waals surface area contributed by atoms with Gasteiger partial charge in [0.25, 0.3) is 0 Å². The highest BCUT2D eigenvalue weighted by molar-refractivity contribution is 6.35. The predicted octanol–water partition coefficient (Wildman–Crippen LogP) is 1.17. The molecule has 0 aliphatic carbocycles. The lowest BCUT2D eigenvalue weighted by atomic mass is 10.2. The molecule has 0 heterocycles. The number of halogens is 1. The summed E-state index contributed by atoms with van der Waals surface area (Å²) in [6.07, 6.45) is 2.00. The second-order valence-corrected chi connectivity index (χ2v) is 5.26.